The first kappa shape index (κ1) is 17.4. The smallest absolute Gasteiger partial charge is 0.315 e. The van der Waals surface area contributed by atoms with Gasteiger partial charge in [-0.2, -0.15) is 0 Å². The molecule has 2 amide bonds. The maximum atomic E-state index is 13.1. The molecule has 3 N–H and O–H groups in total. The Hall–Kier alpha value is -0.990. The lowest BCUT2D eigenvalue weighted by Gasteiger charge is -2.33. The lowest BCUT2D eigenvalue weighted by Crippen LogP contribution is -2.50. The fourth-order valence-corrected chi connectivity index (χ4v) is 2.75. The second kappa shape index (κ2) is 7.52. The Bertz CT molecular complexity index is 374. The molecule has 0 aliphatic carbocycles. The van der Waals surface area contributed by atoms with Gasteiger partial charge in [-0.05, 0) is 6.42 Å². The van der Waals surface area contributed by atoms with E-state index in [9.17, 15) is 18.7 Å². The van der Waals surface area contributed by atoms with E-state index in [1.807, 2.05) is 11.8 Å². The van der Waals surface area contributed by atoms with Crippen molar-refractivity contribution in [2.24, 2.45) is 0 Å². The zero-order chi connectivity index (χ0) is 16.2. The van der Waals surface area contributed by atoms with Crippen molar-refractivity contribution in [3.8, 4) is 0 Å². The van der Waals surface area contributed by atoms with E-state index < -0.39 is 24.2 Å². The van der Waals surface area contributed by atoms with Gasteiger partial charge in [0.25, 0.3) is 5.92 Å². The molecule has 0 bridgehead atoms. The predicted octanol–water partition coefficient (Wildman–Crippen LogP) is 0.555. The maximum Gasteiger partial charge on any atom is 0.315 e. The highest BCUT2D eigenvalue weighted by atomic mass is 19.3. The molecule has 2 aliphatic heterocycles. The number of piperidine rings is 1. The van der Waals surface area contributed by atoms with Crippen molar-refractivity contribution in [1.82, 2.24) is 15.5 Å². The van der Waals surface area contributed by atoms with Gasteiger partial charge in [-0.1, -0.05) is 6.92 Å². The standard InChI is InChI=1S/C14H25F2N3O3/c1-2-5-17-13(21)18-10-9-22-11(12(10)20)8-19-6-3-14(15,16)4-7-19/h10-12,20H,2-9H2,1H3,(H2,17,18,21). The number of likely N-dealkylation sites (tertiary alicyclic amines) is 1. The Balaban J connectivity index is 1.74. The number of hydrogen-bond acceptors (Lipinski definition) is 4. The lowest BCUT2D eigenvalue weighted by atomic mass is 10.0. The van der Waals surface area contributed by atoms with Crippen LogP contribution in [0.25, 0.3) is 0 Å². The second-order valence-corrected chi connectivity index (χ2v) is 6.03. The summed E-state index contributed by atoms with van der Waals surface area (Å²) < 4.78 is 31.7. The largest absolute Gasteiger partial charge is 0.388 e. The molecule has 0 aromatic rings. The van der Waals surface area contributed by atoms with Gasteiger partial charge in [0, 0.05) is 39.0 Å². The van der Waals surface area contributed by atoms with Gasteiger partial charge in [0.1, 0.15) is 6.10 Å². The summed E-state index contributed by atoms with van der Waals surface area (Å²) in [6.07, 6.45) is -0.759. The van der Waals surface area contributed by atoms with Crippen LogP contribution in [0.4, 0.5) is 13.6 Å². The molecule has 2 rings (SSSR count). The molecule has 3 atom stereocenters. The van der Waals surface area contributed by atoms with E-state index in [0.29, 0.717) is 26.2 Å². The summed E-state index contributed by atoms with van der Waals surface area (Å²) in [5.74, 6) is -2.58. The minimum absolute atomic E-state index is 0.156. The van der Waals surface area contributed by atoms with Gasteiger partial charge in [0.15, 0.2) is 0 Å². The summed E-state index contributed by atoms with van der Waals surface area (Å²) in [5.41, 5.74) is 0. The number of rotatable bonds is 5. The number of aliphatic hydroxyl groups excluding tert-OH is 1. The molecule has 2 saturated heterocycles. The number of nitrogens with one attached hydrogen (secondary N) is 2. The van der Waals surface area contributed by atoms with E-state index in [2.05, 4.69) is 10.6 Å². The molecule has 22 heavy (non-hydrogen) atoms. The quantitative estimate of drug-likeness (QED) is 0.692. The lowest BCUT2D eigenvalue weighted by molar-refractivity contribution is -0.0674. The van der Waals surface area contributed by atoms with E-state index in [4.69, 9.17) is 4.74 Å². The summed E-state index contributed by atoms with van der Waals surface area (Å²) >= 11 is 0. The summed E-state index contributed by atoms with van der Waals surface area (Å²) in [6, 6.07) is -0.791. The molecule has 128 valence electrons. The number of hydrogen-bond donors (Lipinski definition) is 3. The number of halogens is 2. The van der Waals surface area contributed by atoms with Crippen LogP contribution >= 0.6 is 0 Å². The van der Waals surface area contributed by atoms with Gasteiger partial charge in [-0.25, -0.2) is 13.6 Å². The van der Waals surface area contributed by atoms with Crippen LogP contribution in [0.1, 0.15) is 26.2 Å². The van der Waals surface area contributed by atoms with Gasteiger partial charge in [-0.15, -0.1) is 0 Å². The molecular formula is C14H25F2N3O3. The Morgan fingerprint density at radius 1 is 1.41 bits per heavy atom. The van der Waals surface area contributed by atoms with E-state index in [0.717, 1.165) is 6.42 Å². The molecule has 0 aromatic carbocycles. The molecule has 0 radical (unpaired) electrons. The number of carbonyl (C=O) groups excluding carboxylic acids is 1. The highest BCUT2D eigenvalue weighted by Crippen LogP contribution is 2.28. The molecule has 0 spiro atoms. The van der Waals surface area contributed by atoms with E-state index in [1.54, 1.807) is 0 Å². The van der Waals surface area contributed by atoms with Crippen molar-refractivity contribution in [2.45, 2.75) is 50.4 Å². The Morgan fingerprint density at radius 3 is 2.73 bits per heavy atom. The molecule has 6 nitrogen and oxygen atoms in total. The Labute approximate surface area is 129 Å². The summed E-state index contributed by atoms with van der Waals surface area (Å²) in [6.45, 7) is 3.76. The Morgan fingerprint density at radius 2 is 2.09 bits per heavy atom. The summed E-state index contributed by atoms with van der Waals surface area (Å²) in [7, 11) is 0. The zero-order valence-electron chi connectivity index (χ0n) is 12.9. The normalized spacial score (nSPS) is 31.9. The van der Waals surface area contributed by atoms with Gasteiger partial charge in [-0.3, -0.25) is 0 Å². The third kappa shape index (κ3) is 4.76. The number of alkyl halides is 2. The summed E-state index contributed by atoms with van der Waals surface area (Å²) in [4.78, 5) is 13.5. The fourth-order valence-electron chi connectivity index (χ4n) is 2.75. The van der Waals surface area contributed by atoms with Crippen LogP contribution in [-0.2, 0) is 4.74 Å². The molecule has 0 aromatic heterocycles. The van der Waals surface area contributed by atoms with Crippen LogP contribution in [-0.4, -0.2) is 73.0 Å². The Kier molecular flexibility index (Phi) is 5.94. The second-order valence-electron chi connectivity index (χ2n) is 6.03. The fraction of sp³-hybridized carbons (Fsp3) is 0.929. The van der Waals surface area contributed by atoms with E-state index in [1.165, 1.54) is 0 Å². The van der Waals surface area contributed by atoms with Gasteiger partial charge >= 0.3 is 6.03 Å². The number of nitrogens with zero attached hydrogens (tertiary/aromatic N) is 1. The van der Waals surface area contributed by atoms with Gasteiger partial charge in [0.05, 0.1) is 18.8 Å². The van der Waals surface area contributed by atoms with Crippen LogP contribution in [0, 0.1) is 0 Å². The molecule has 8 heteroatoms. The topological polar surface area (TPSA) is 73.8 Å². The number of carbonyl (C=O) groups is 1. The molecular weight excluding hydrogens is 296 g/mol. The van der Waals surface area contributed by atoms with Crippen LogP contribution in [0.2, 0.25) is 0 Å². The molecule has 3 unspecified atom stereocenters. The van der Waals surface area contributed by atoms with Crippen molar-refractivity contribution in [3.05, 3.63) is 0 Å². The monoisotopic (exact) mass is 321 g/mol. The average molecular weight is 321 g/mol. The van der Waals surface area contributed by atoms with Gasteiger partial charge < -0.3 is 25.4 Å². The number of aliphatic hydroxyl groups is 1. The van der Waals surface area contributed by atoms with Crippen LogP contribution in [0.15, 0.2) is 0 Å². The van der Waals surface area contributed by atoms with Crippen LogP contribution in [0.5, 0.6) is 0 Å². The first-order chi connectivity index (χ1) is 10.4. The van der Waals surface area contributed by atoms with E-state index >= 15 is 0 Å². The van der Waals surface area contributed by atoms with E-state index in [-0.39, 0.29) is 25.5 Å². The van der Waals surface area contributed by atoms with Gasteiger partial charge in [0.2, 0.25) is 0 Å². The van der Waals surface area contributed by atoms with Crippen LogP contribution in [0.3, 0.4) is 0 Å². The summed E-state index contributed by atoms with van der Waals surface area (Å²) in [5, 5.41) is 15.6. The number of urea groups is 1. The number of ether oxygens (including phenoxy) is 1. The molecule has 0 saturated carbocycles. The molecule has 2 fully saturated rings. The van der Waals surface area contributed by atoms with Crippen LogP contribution < -0.4 is 10.6 Å². The van der Waals surface area contributed by atoms with Crippen molar-refractivity contribution in [3.63, 3.8) is 0 Å². The first-order valence-corrected chi connectivity index (χ1v) is 7.85. The average Bonchev–Trinajstić information content (AvgIpc) is 2.80. The minimum Gasteiger partial charge on any atom is -0.388 e. The number of amides is 2. The third-order valence-electron chi connectivity index (χ3n) is 4.16. The van der Waals surface area contributed by atoms with Crippen molar-refractivity contribution >= 4 is 6.03 Å². The van der Waals surface area contributed by atoms with Crippen molar-refractivity contribution in [2.75, 3.05) is 32.8 Å². The SMILES string of the molecule is CCCNC(=O)NC1COC(CN2CCC(F)(F)CC2)C1O. The highest BCUT2D eigenvalue weighted by Gasteiger charge is 2.40. The highest BCUT2D eigenvalue weighted by molar-refractivity contribution is 5.74. The van der Waals surface area contributed by atoms with Crippen molar-refractivity contribution in [1.29, 1.82) is 0 Å². The third-order valence-corrected chi connectivity index (χ3v) is 4.16. The van der Waals surface area contributed by atoms with Crippen molar-refractivity contribution < 1.29 is 23.4 Å². The predicted molar refractivity (Wildman–Crippen MR) is 77.0 cm³/mol. The molecule has 2 heterocycles. The maximum absolute atomic E-state index is 13.1. The zero-order valence-corrected chi connectivity index (χ0v) is 12.9. The molecule has 2 aliphatic rings. The minimum atomic E-state index is -2.58. The first-order valence-electron chi connectivity index (χ1n) is 7.85.